The average molecular weight is 485 g/mol. The molecule has 3 aromatic carbocycles. The lowest BCUT2D eigenvalue weighted by Gasteiger charge is -2.18. The minimum absolute atomic E-state index is 0.0495. The van der Waals surface area contributed by atoms with Crippen LogP contribution < -0.4 is 5.32 Å². The number of amides is 1. The van der Waals surface area contributed by atoms with Gasteiger partial charge in [-0.1, -0.05) is 74.8 Å². The summed E-state index contributed by atoms with van der Waals surface area (Å²) in [5.74, 6) is 0.0704. The number of hydrogen-bond donors (Lipinski definition) is 2. The molecule has 1 amide bonds. The molecule has 4 aromatic rings. The molecule has 0 bridgehead atoms. The fourth-order valence-electron chi connectivity index (χ4n) is 4.83. The molecule has 1 aromatic heterocycles. The molecule has 0 spiro atoms. The van der Waals surface area contributed by atoms with Crippen LogP contribution >= 0.6 is 11.6 Å². The summed E-state index contributed by atoms with van der Waals surface area (Å²) in [7, 11) is 0. The molecule has 2 N–H and O–H groups in total. The van der Waals surface area contributed by atoms with Gasteiger partial charge in [0, 0.05) is 32.7 Å². The van der Waals surface area contributed by atoms with Gasteiger partial charge >= 0.3 is 0 Å². The third kappa shape index (κ3) is 5.01. The van der Waals surface area contributed by atoms with Crippen LogP contribution in [-0.2, 0) is 28.5 Å². The SMILES string of the molecule is CC(C)(C)c1cc2cc(NC(=O)C3(c4ccc(Cl)c(CCCc5ccccc5)c4)CC3)ccc2[nH]1. The van der Waals surface area contributed by atoms with E-state index in [2.05, 4.69) is 73.5 Å². The van der Waals surface area contributed by atoms with Crippen molar-refractivity contribution in [1.82, 2.24) is 4.98 Å². The predicted octanol–water partition coefficient (Wildman–Crippen LogP) is 7.96. The van der Waals surface area contributed by atoms with Gasteiger partial charge in [-0.2, -0.15) is 0 Å². The molecule has 0 unspecified atom stereocenters. The van der Waals surface area contributed by atoms with Crippen molar-refractivity contribution in [2.45, 2.75) is 63.7 Å². The molecule has 1 saturated carbocycles. The van der Waals surface area contributed by atoms with E-state index in [1.54, 1.807) is 0 Å². The monoisotopic (exact) mass is 484 g/mol. The van der Waals surface area contributed by atoms with Crippen molar-refractivity contribution in [3.8, 4) is 0 Å². The number of anilines is 1. The Balaban J connectivity index is 1.30. The van der Waals surface area contributed by atoms with Crippen molar-refractivity contribution < 1.29 is 4.79 Å². The molecule has 0 atom stereocenters. The quantitative estimate of drug-likeness (QED) is 0.274. The Morgan fingerprint density at radius 3 is 2.46 bits per heavy atom. The summed E-state index contributed by atoms with van der Waals surface area (Å²) in [5.41, 5.74) is 6.25. The van der Waals surface area contributed by atoms with Crippen molar-refractivity contribution in [3.05, 3.63) is 100 Å². The second-order valence-corrected chi connectivity index (χ2v) is 11.3. The highest BCUT2D eigenvalue weighted by Crippen LogP contribution is 2.49. The summed E-state index contributed by atoms with van der Waals surface area (Å²) in [5, 5.41) is 5.09. The standard InChI is InChI=1S/C31H33ClN2O/c1-30(2,3)28-20-23-19-25(13-15-27(23)34-28)33-29(35)31(16-17-31)24-12-14-26(32)22(18-24)11-7-10-21-8-5-4-6-9-21/h4-6,8-9,12-15,18-20,34H,7,10-11,16-17H2,1-3H3,(H,33,35). The largest absolute Gasteiger partial charge is 0.358 e. The van der Waals surface area contributed by atoms with Gasteiger partial charge in [0.1, 0.15) is 0 Å². The van der Waals surface area contributed by atoms with E-state index in [0.29, 0.717) is 0 Å². The van der Waals surface area contributed by atoms with Gasteiger partial charge in [0.25, 0.3) is 0 Å². The molecule has 0 radical (unpaired) electrons. The van der Waals surface area contributed by atoms with Crippen LogP contribution in [0, 0.1) is 0 Å². The van der Waals surface area contributed by atoms with E-state index in [0.717, 1.165) is 64.8 Å². The lowest BCUT2D eigenvalue weighted by atomic mass is 9.92. The number of benzene rings is 3. The van der Waals surface area contributed by atoms with E-state index in [9.17, 15) is 4.79 Å². The first kappa shape index (κ1) is 23.7. The number of H-pyrrole nitrogens is 1. The number of carbonyl (C=O) groups excluding carboxylic acids is 1. The molecular weight excluding hydrogens is 452 g/mol. The molecule has 1 fully saturated rings. The Morgan fingerprint density at radius 1 is 0.971 bits per heavy atom. The smallest absolute Gasteiger partial charge is 0.235 e. The summed E-state index contributed by atoms with van der Waals surface area (Å²) in [4.78, 5) is 16.9. The highest BCUT2D eigenvalue weighted by molar-refractivity contribution is 6.31. The minimum Gasteiger partial charge on any atom is -0.358 e. The van der Waals surface area contributed by atoms with Gasteiger partial charge in [-0.15, -0.1) is 0 Å². The van der Waals surface area contributed by atoms with Gasteiger partial charge in [0.05, 0.1) is 5.41 Å². The fourth-order valence-corrected chi connectivity index (χ4v) is 5.04. The lowest BCUT2D eigenvalue weighted by Crippen LogP contribution is -2.28. The second kappa shape index (κ2) is 9.20. The van der Waals surface area contributed by atoms with Gasteiger partial charge in [0.2, 0.25) is 5.91 Å². The number of aryl methyl sites for hydroxylation is 2. The number of halogens is 1. The van der Waals surface area contributed by atoms with Crippen LogP contribution in [0.5, 0.6) is 0 Å². The topological polar surface area (TPSA) is 44.9 Å². The Bertz CT molecular complexity index is 1360. The van der Waals surface area contributed by atoms with Gasteiger partial charge in [-0.3, -0.25) is 4.79 Å². The van der Waals surface area contributed by atoms with Gasteiger partial charge in [0.15, 0.2) is 0 Å². The maximum Gasteiger partial charge on any atom is 0.235 e. The van der Waals surface area contributed by atoms with Crippen molar-refractivity contribution >= 4 is 34.1 Å². The molecule has 4 heteroatoms. The molecule has 1 heterocycles. The summed E-state index contributed by atoms with van der Waals surface area (Å²) < 4.78 is 0. The second-order valence-electron chi connectivity index (χ2n) is 10.9. The van der Waals surface area contributed by atoms with E-state index in [4.69, 9.17) is 11.6 Å². The number of carbonyl (C=O) groups is 1. The van der Waals surface area contributed by atoms with Crippen LogP contribution in [0.3, 0.4) is 0 Å². The molecule has 1 aliphatic carbocycles. The number of aromatic nitrogens is 1. The number of aromatic amines is 1. The first-order valence-corrected chi connectivity index (χ1v) is 12.9. The molecule has 3 nitrogen and oxygen atoms in total. The third-order valence-corrected chi connectivity index (χ3v) is 7.59. The zero-order valence-electron chi connectivity index (χ0n) is 20.7. The molecule has 1 aliphatic rings. The van der Waals surface area contributed by atoms with Crippen LogP contribution in [0.2, 0.25) is 5.02 Å². The van der Waals surface area contributed by atoms with Crippen molar-refractivity contribution in [2.75, 3.05) is 5.32 Å². The predicted molar refractivity (Wildman–Crippen MR) is 146 cm³/mol. The molecule has 35 heavy (non-hydrogen) atoms. The highest BCUT2D eigenvalue weighted by Gasteiger charge is 2.51. The summed E-state index contributed by atoms with van der Waals surface area (Å²) in [6, 6.07) is 24.9. The van der Waals surface area contributed by atoms with E-state index in [1.807, 2.05) is 30.3 Å². The molecule has 5 rings (SSSR count). The third-order valence-electron chi connectivity index (χ3n) is 7.22. The van der Waals surface area contributed by atoms with E-state index in [1.165, 1.54) is 11.3 Å². The van der Waals surface area contributed by atoms with Crippen LogP contribution in [0.1, 0.15) is 62.4 Å². The summed E-state index contributed by atoms with van der Waals surface area (Å²) in [6.07, 6.45) is 4.68. The molecular formula is C31H33ClN2O. The van der Waals surface area contributed by atoms with E-state index >= 15 is 0 Å². The lowest BCUT2D eigenvalue weighted by molar-refractivity contribution is -0.118. The number of nitrogens with one attached hydrogen (secondary N) is 2. The Labute approximate surface area is 212 Å². The van der Waals surface area contributed by atoms with Crippen LogP contribution in [0.25, 0.3) is 10.9 Å². The minimum atomic E-state index is -0.456. The first-order valence-electron chi connectivity index (χ1n) is 12.5. The maximum absolute atomic E-state index is 13.4. The maximum atomic E-state index is 13.4. The van der Waals surface area contributed by atoms with E-state index in [-0.39, 0.29) is 11.3 Å². The molecule has 0 saturated heterocycles. The Morgan fingerprint density at radius 2 is 1.74 bits per heavy atom. The van der Waals surface area contributed by atoms with Crippen LogP contribution in [-0.4, -0.2) is 10.9 Å². The van der Waals surface area contributed by atoms with Crippen molar-refractivity contribution in [2.24, 2.45) is 0 Å². The Hall–Kier alpha value is -3.04. The van der Waals surface area contributed by atoms with Crippen LogP contribution in [0.4, 0.5) is 5.69 Å². The summed E-state index contributed by atoms with van der Waals surface area (Å²) in [6.45, 7) is 6.58. The molecule has 180 valence electrons. The van der Waals surface area contributed by atoms with Crippen LogP contribution in [0.15, 0.2) is 72.8 Å². The van der Waals surface area contributed by atoms with Gasteiger partial charge in [-0.25, -0.2) is 0 Å². The number of hydrogen-bond acceptors (Lipinski definition) is 1. The number of rotatable bonds is 7. The number of fused-ring (bicyclic) bond motifs is 1. The zero-order chi connectivity index (χ0) is 24.6. The van der Waals surface area contributed by atoms with Crippen molar-refractivity contribution in [3.63, 3.8) is 0 Å². The fraction of sp³-hybridized carbons (Fsp3) is 0.323. The van der Waals surface area contributed by atoms with Crippen molar-refractivity contribution in [1.29, 1.82) is 0 Å². The summed E-state index contributed by atoms with van der Waals surface area (Å²) >= 11 is 6.54. The Kier molecular flexibility index (Phi) is 6.23. The normalized spacial score (nSPS) is 14.7. The zero-order valence-corrected chi connectivity index (χ0v) is 21.5. The van der Waals surface area contributed by atoms with Gasteiger partial charge in [-0.05, 0) is 79.1 Å². The van der Waals surface area contributed by atoms with Gasteiger partial charge < -0.3 is 10.3 Å². The first-order chi connectivity index (χ1) is 16.7. The van der Waals surface area contributed by atoms with E-state index < -0.39 is 5.41 Å². The average Bonchev–Trinajstić information content (AvgIpc) is 3.53. The molecule has 0 aliphatic heterocycles. The highest BCUT2D eigenvalue weighted by atomic mass is 35.5.